The van der Waals surface area contributed by atoms with Crippen LogP contribution in [0.4, 0.5) is 0 Å². The number of ether oxygens (including phenoxy) is 1. The number of hydrogen-bond acceptors (Lipinski definition) is 2. The van der Waals surface area contributed by atoms with Crippen molar-refractivity contribution in [1.82, 2.24) is 0 Å². The number of carbonyl (C=O) groups excluding carboxylic acids is 1. The maximum absolute atomic E-state index is 11.5. The first-order valence-corrected chi connectivity index (χ1v) is 7.06. The smallest absolute Gasteiger partial charge is 0.333 e. The molecule has 0 rings (SSSR count). The predicted octanol–water partition coefficient (Wildman–Crippen LogP) is 4.64. The molecule has 0 atom stereocenters. The molecule has 0 radical (unpaired) electrons. The number of carbonyl (C=O) groups is 1. The largest absolute Gasteiger partial charge is 0.462 e. The summed E-state index contributed by atoms with van der Waals surface area (Å²) in [4.78, 5) is 11.5. The van der Waals surface area contributed by atoms with Gasteiger partial charge >= 0.3 is 5.97 Å². The summed E-state index contributed by atoms with van der Waals surface area (Å²) in [5.41, 5.74) is 0.762. The summed E-state index contributed by atoms with van der Waals surface area (Å²) in [6, 6.07) is 0. The third-order valence-electron chi connectivity index (χ3n) is 2.81. The maximum atomic E-state index is 11.5. The van der Waals surface area contributed by atoms with Gasteiger partial charge in [0.25, 0.3) is 0 Å². The van der Waals surface area contributed by atoms with Gasteiger partial charge in [0.1, 0.15) is 0 Å². The molecule has 0 aliphatic heterocycles. The van der Waals surface area contributed by atoms with Crippen molar-refractivity contribution in [3.05, 3.63) is 11.6 Å². The van der Waals surface area contributed by atoms with Gasteiger partial charge in [0.05, 0.1) is 6.61 Å². The number of hydrogen-bond donors (Lipinski definition) is 0. The molecule has 2 heteroatoms. The van der Waals surface area contributed by atoms with E-state index in [1.54, 1.807) is 0 Å². The first kappa shape index (κ1) is 16.2. The molecule has 0 aromatic rings. The monoisotopic (exact) mass is 240 g/mol. The molecule has 0 aromatic carbocycles. The van der Waals surface area contributed by atoms with Crippen molar-refractivity contribution in [2.75, 3.05) is 6.61 Å². The van der Waals surface area contributed by atoms with Crippen LogP contribution in [-0.4, -0.2) is 12.6 Å². The predicted molar refractivity (Wildman–Crippen MR) is 73.0 cm³/mol. The van der Waals surface area contributed by atoms with Gasteiger partial charge in [-0.15, -0.1) is 0 Å². The molecule has 0 unspecified atom stereocenters. The summed E-state index contributed by atoms with van der Waals surface area (Å²) in [6.45, 7) is 6.76. The quantitative estimate of drug-likeness (QED) is 0.316. The Bertz CT molecular complexity index is 219. The Kier molecular flexibility index (Phi) is 11.1. The second-order valence-electron chi connectivity index (χ2n) is 4.58. The Balaban J connectivity index is 3.60. The van der Waals surface area contributed by atoms with Crippen LogP contribution in [0.2, 0.25) is 0 Å². The Morgan fingerprint density at radius 2 is 1.65 bits per heavy atom. The highest BCUT2D eigenvalue weighted by Gasteiger charge is 2.04. The van der Waals surface area contributed by atoms with E-state index in [2.05, 4.69) is 13.8 Å². The number of unbranched alkanes of at least 4 members (excludes halogenated alkanes) is 6. The Labute approximate surface area is 106 Å². The average Bonchev–Trinajstić information content (AvgIpc) is 2.34. The van der Waals surface area contributed by atoms with Crippen LogP contribution >= 0.6 is 0 Å². The molecule has 17 heavy (non-hydrogen) atoms. The van der Waals surface area contributed by atoms with E-state index in [0.717, 1.165) is 31.3 Å². The molecular formula is C15H28O2. The van der Waals surface area contributed by atoms with Crippen LogP contribution in [0.25, 0.3) is 0 Å². The molecule has 0 saturated heterocycles. The van der Waals surface area contributed by atoms with Gasteiger partial charge in [-0.1, -0.05) is 52.0 Å². The van der Waals surface area contributed by atoms with E-state index in [1.165, 1.54) is 25.7 Å². The lowest BCUT2D eigenvalue weighted by Gasteiger charge is -2.04. The first-order valence-electron chi connectivity index (χ1n) is 7.06. The van der Waals surface area contributed by atoms with E-state index in [0.29, 0.717) is 6.61 Å². The van der Waals surface area contributed by atoms with Crippen molar-refractivity contribution in [2.24, 2.45) is 0 Å². The average molecular weight is 240 g/mol. The van der Waals surface area contributed by atoms with E-state index in [1.807, 2.05) is 13.0 Å². The normalized spacial score (nSPS) is 11.6. The van der Waals surface area contributed by atoms with Gasteiger partial charge < -0.3 is 4.74 Å². The molecule has 0 saturated carbocycles. The highest BCUT2D eigenvalue weighted by atomic mass is 16.5. The Morgan fingerprint density at radius 3 is 2.29 bits per heavy atom. The van der Waals surface area contributed by atoms with Crippen LogP contribution in [0.5, 0.6) is 0 Å². The summed E-state index contributed by atoms with van der Waals surface area (Å²) in [5, 5.41) is 0. The van der Waals surface area contributed by atoms with Crippen LogP contribution in [-0.2, 0) is 9.53 Å². The van der Waals surface area contributed by atoms with E-state index in [-0.39, 0.29) is 5.97 Å². The number of rotatable bonds is 10. The lowest BCUT2D eigenvalue weighted by molar-refractivity contribution is -0.139. The number of allylic oxidation sites excluding steroid dienone is 1. The van der Waals surface area contributed by atoms with Crippen molar-refractivity contribution in [2.45, 2.75) is 72.1 Å². The highest BCUT2D eigenvalue weighted by molar-refractivity contribution is 5.87. The van der Waals surface area contributed by atoms with Crippen molar-refractivity contribution >= 4 is 5.97 Å². The topological polar surface area (TPSA) is 26.3 Å². The van der Waals surface area contributed by atoms with Crippen LogP contribution in [0.1, 0.15) is 72.1 Å². The SMILES string of the molecule is CCCCCCC=C(C)C(=O)OCCCCC. The molecule has 100 valence electrons. The van der Waals surface area contributed by atoms with Crippen LogP contribution < -0.4 is 0 Å². The summed E-state index contributed by atoms with van der Waals surface area (Å²) >= 11 is 0. The van der Waals surface area contributed by atoms with Gasteiger partial charge in [0, 0.05) is 5.57 Å². The maximum Gasteiger partial charge on any atom is 0.333 e. The molecule has 0 bridgehead atoms. The molecule has 0 spiro atoms. The minimum Gasteiger partial charge on any atom is -0.462 e. The summed E-state index contributed by atoms with van der Waals surface area (Å²) < 4.78 is 5.18. The molecule has 0 heterocycles. The van der Waals surface area contributed by atoms with Gasteiger partial charge in [0.15, 0.2) is 0 Å². The molecule has 0 amide bonds. The molecule has 0 aliphatic carbocycles. The second-order valence-corrected chi connectivity index (χ2v) is 4.58. The van der Waals surface area contributed by atoms with Crippen molar-refractivity contribution in [1.29, 1.82) is 0 Å². The van der Waals surface area contributed by atoms with Crippen LogP contribution in [0.3, 0.4) is 0 Å². The summed E-state index contributed by atoms with van der Waals surface area (Å²) in [6.07, 6.45) is 11.2. The fourth-order valence-corrected chi connectivity index (χ4v) is 1.60. The summed E-state index contributed by atoms with van der Waals surface area (Å²) in [7, 11) is 0. The Hall–Kier alpha value is -0.790. The number of esters is 1. The third-order valence-corrected chi connectivity index (χ3v) is 2.81. The highest BCUT2D eigenvalue weighted by Crippen LogP contribution is 2.07. The third kappa shape index (κ3) is 10.1. The van der Waals surface area contributed by atoms with Crippen LogP contribution in [0.15, 0.2) is 11.6 Å². The first-order chi connectivity index (χ1) is 8.22. The fraction of sp³-hybridized carbons (Fsp3) is 0.800. The molecule has 2 nitrogen and oxygen atoms in total. The minimum absolute atomic E-state index is 0.142. The van der Waals surface area contributed by atoms with Crippen molar-refractivity contribution in [3.63, 3.8) is 0 Å². The van der Waals surface area contributed by atoms with Gasteiger partial charge in [-0.3, -0.25) is 0 Å². The summed E-state index contributed by atoms with van der Waals surface area (Å²) in [5.74, 6) is -0.142. The van der Waals surface area contributed by atoms with E-state index >= 15 is 0 Å². The zero-order valence-corrected chi connectivity index (χ0v) is 11.8. The van der Waals surface area contributed by atoms with Gasteiger partial charge in [-0.25, -0.2) is 4.79 Å². The van der Waals surface area contributed by atoms with Crippen LogP contribution in [0, 0.1) is 0 Å². The lowest BCUT2D eigenvalue weighted by atomic mass is 10.1. The molecule has 0 aliphatic rings. The van der Waals surface area contributed by atoms with E-state index in [4.69, 9.17) is 4.74 Å². The molecule has 0 aromatic heterocycles. The van der Waals surface area contributed by atoms with Gasteiger partial charge in [0.2, 0.25) is 0 Å². The van der Waals surface area contributed by atoms with Crippen molar-refractivity contribution in [3.8, 4) is 0 Å². The van der Waals surface area contributed by atoms with Gasteiger partial charge in [-0.2, -0.15) is 0 Å². The second kappa shape index (κ2) is 11.7. The molecule has 0 fully saturated rings. The molecular weight excluding hydrogens is 212 g/mol. The van der Waals surface area contributed by atoms with Gasteiger partial charge in [-0.05, 0) is 26.2 Å². The lowest BCUT2D eigenvalue weighted by Crippen LogP contribution is -2.07. The zero-order valence-electron chi connectivity index (χ0n) is 11.8. The molecule has 0 N–H and O–H groups in total. The standard InChI is InChI=1S/C15H28O2/c1-4-6-8-9-10-12-14(3)15(16)17-13-11-7-5-2/h12H,4-11,13H2,1-3H3. The Morgan fingerprint density at radius 1 is 1.00 bits per heavy atom. The van der Waals surface area contributed by atoms with E-state index < -0.39 is 0 Å². The zero-order chi connectivity index (χ0) is 12.9. The van der Waals surface area contributed by atoms with Crippen molar-refractivity contribution < 1.29 is 9.53 Å². The fourth-order valence-electron chi connectivity index (χ4n) is 1.60. The minimum atomic E-state index is -0.142. The van der Waals surface area contributed by atoms with E-state index in [9.17, 15) is 4.79 Å².